The van der Waals surface area contributed by atoms with Gasteiger partial charge in [-0.15, -0.1) is 11.3 Å². The molecule has 0 aliphatic carbocycles. The molecule has 0 bridgehead atoms. The van der Waals surface area contributed by atoms with E-state index in [9.17, 15) is 14.4 Å². The van der Waals surface area contributed by atoms with E-state index in [0.717, 1.165) is 22.2 Å². The Balaban J connectivity index is 1.58. The number of halogens is 2. The minimum Gasteiger partial charge on any atom is -0.350 e. The first-order chi connectivity index (χ1) is 12.4. The Labute approximate surface area is 168 Å². The lowest BCUT2D eigenvalue weighted by molar-refractivity contribution is -0.122. The van der Waals surface area contributed by atoms with Crippen LogP contribution in [0, 0.1) is 0 Å². The van der Waals surface area contributed by atoms with Gasteiger partial charge >= 0.3 is 0 Å². The van der Waals surface area contributed by atoms with Gasteiger partial charge < -0.3 is 5.32 Å². The quantitative estimate of drug-likeness (QED) is 0.713. The molecule has 9 heteroatoms. The van der Waals surface area contributed by atoms with E-state index in [2.05, 4.69) is 5.32 Å². The van der Waals surface area contributed by atoms with Gasteiger partial charge in [-0.25, -0.2) is 0 Å². The largest absolute Gasteiger partial charge is 0.350 e. The SMILES string of the molecule is O=C(NCCN1C(=O)S/C(=C/c2ccc(Cl)cc2)C1=O)c1ccc(Cl)s1. The van der Waals surface area contributed by atoms with Crippen LogP contribution < -0.4 is 5.32 Å². The van der Waals surface area contributed by atoms with Gasteiger partial charge in [-0.1, -0.05) is 35.3 Å². The Hall–Kier alpha value is -1.80. The number of thiophene rings is 1. The Morgan fingerprint density at radius 3 is 2.50 bits per heavy atom. The van der Waals surface area contributed by atoms with Crippen LogP contribution in [0.3, 0.4) is 0 Å². The van der Waals surface area contributed by atoms with Gasteiger partial charge in [0.1, 0.15) is 0 Å². The summed E-state index contributed by atoms with van der Waals surface area (Å²) in [6.45, 7) is 0.272. The number of hydrogen-bond donors (Lipinski definition) is 1. The van der Waals surface area contributed by atoms with Crippen LogP contribution in [0.1, 0.15) is 15.2 Å². The fourth-order valence-electron chi connectivity index (χ4n) is 2.21. The van der Waals surface area contributed by atoms with Crippen LogP contribution >= 0.6 is 46.3 Å². The average Bonchev–Trinajstić information content (AvgIpc) is 3.15. The fourth-order valence-corrected chi connectivity index (χ4v) is 4.16. The second-order valence-corrected chi connectivity index (χ2v) is 8.39. The molecule has 5 nitrogen and oxygen atoms in total. The maximum Gasteiger partial charge on any atom is 0.293 e. The summed E-state index contributed by atoms with van der Waals surface area (Å²) in [6.07, 6.45) is 1.65. The predicted molar refractivity (Wildman–Crippen MR) is 106 cm³/mol. The third kappa shape index (κ3) is 4.48. The Bertz CT molecular complexity index is 894. The number of carbonyl (C=O) groups excluding carboxylic acids is 3. The van der Waals surface area contributed by atoms with Crippen molar-refractivity contribution in [3.05, 3.63) is 61.1 Å². The highest BCUT2D eigenvalue weighted by Crippen LogP contribution is 2.32. The predicted octanol–water partition coefficient (Wildman–Crippen LogP) is 4.52. The van der Waals surface area contributed by atoms with Gasteiger partial charge in [0.25, 0.3) is 17.1 Å². The van der Waals surface area contributed by atoms with E-state index in [1.54, 1.807) is 42.5 Å². The molecule has 1 aromatic heterocycles. The number of nitrogens with zero attached hydrogens (tertiary/aromatic N) is 1. The summed E-state index contributed by atoms with van der Waals surface area (Å²) in [5.74, 6) is -0.658. The van der Waals surface area contributed by atoms with Gasteiger partial charge in [0.2, 0.25) is 0 Å². The van der Waals surface area contributed by atoms with E-state index >= 15 is 0 Å². The number of benzene rings is 1. The van der Waals surface area contributed by atoms with Gasteiger partial charge in [0, 0.05) is 18.1 Å². The van der Waals surface area contributed by atoms with E-state index < -0.39 is 0 Å². The topological polar surface area (TPSA) is 66.5 Å². The zero-order valence-corrected chi connectivity index (χ0v) is 16.3. The molecule has 0 saturated carbocycles. The average molecular weight is 427 g/mol. The first-order valence-corrected chi connectivity index (χ1v) is 9.87. The first kappa shape index (κ1) is 19.0. The van der Waals surface area contributed by atoms with Gasteiger partial charge in [-0.05, 0) is 47.7 Å². The zero-order chi connectivity index (χ0) is 18.7. The van der Waals surface area contributed by atoms with Crippen molar-refractivity contribution in [3.8, 4) is 0 Å². The van der Waals surface area contributed by atoms with Crippen LogP contribution in [-0.2, 0) is 4.79 Å². The molecular weight excluding hydrogens is 415 g/mol. The molecule has 1 aliphatic heterocycles. The zero-order valence-electron chi connectivity index (χ0n) is 13.2. The van der Waals surface area contributed by atoms with E-state index in [-0.39, 0.29) is 30.1 Å². The number of imide groups is 1. The molecule has 1 aliphatic rings. The van der Waals surface area contributed by atoms with Crippen molar-refractivity contribution < 1.29 is 14.4 Å². The van der Waals surface area contributed by atoms with Gasteiger partial charge in [0.05, 0.1) is 14.1 Å². The summed E-state index contributed by atoms with van der Waals surface area (Å²) < 4.78 is 0.522. The molecule has 0 atom stereocenters. The maximum absolute atomic E-state index is 12.4. The Kier molecular flexibility index (Phi) is 6.03. The third-order valence-corrected chi connectivity index (χ3v) is 5.85. The van der Waals surface area contributed by atoms with Gasteiger partial charge in [-0.2, -0.15) is 0 Å². The molecule has 0 spiro atoms. The lowest BCUT2D eigenvalue weighted by Gasteiger charge is -2.12. The smallest absolute Gasteiger partial charge is 0.293 e. The molecule has 2 heterocycles. The number of nitrogens with one attached hydrogen (secondary N) is 1. The molecule has 3 amide bonds. The van der Waals surface area contributed by atoms with Crippen LogP contribution in [0.4, 0.5) is 4.79 Å². The standard InChI is InChI=1S/C17H12Cl2N2O3S2/c18-11-3-1-10(2-4-11)9-13-16(23)21(17(24)26-13)8-7-20-15(22)12-5-6-14(19)25-12/h1-6,9H,7-8H2,(H,20,22)/b13-9+. The van der Waals surface area contributed by atoms with Crippen LogP contribution in [0.25, 0.3) is 6.08 Å². The molecule has 1 saturated heterocycles. The van der Waals surface area contributed by atoms with Crippen molar-refractivity contribution in [3.63, 3.8) is 0 Å². The van der Waals surface area contributed by atoms with E-state index in [1.165, 1.54) is 11.3 Å². The second kappa shape index (κ2) is 8.26. The van der Waals surface area contributed by atoms with Crippen molar-refractivity contribution >= 4 is 69.4 Å². The molecule has 3 rings (SSSR count). The maximum atomic E-state index is 12.4. The molecule has 2 aromatic rings. The molecule has 0 unspecified atom stereocenters. The highest BCUT2D eigenvalue weighted by Gasteiger charge is 2.34. The normalized spacial score (nSPS) is 15.8. The van der Waals surface area contributed by atoms with Crippen LogP contribution in [0.2, 0.25) is 9.36 Å². The molecule has 26 heavy (non-hydrogen) atoms. The van der Waals surface area contributed by atoms with Crippen LogP contribution in [-0.4, -0.2) is 35.0 Å². The van der Waals surface area contributed by atoms with Crippen molar-refractivity contribution in [2.45, 2.75) is 0 Å². The van der Waals surface area contributed by atoms with Crippen molar-refractivity contribution in [1.82, 2.24) is 10.2 Å². The van der Waals surface area contributed by atoms with Crippen LogP contribution in [0.15, 0.2) is 41.3 Å². The van der Waals surface area contributed by atoms with Crippen molar-refractivity contribution in [1.29, 1.82) is 0 Å². The molecular formula is C17H12Cl2N2O3S2. The number of carbonyl (C=O) groups is 3. The van der Waals surface area contributed by atoms with E-state index in [4.69, 9.17) is 23.2 Å². The number of amides is 3. The summed E-state index contributed by atoms with van der Waals surface area (Å²) in [6, 6.07) is 10.2. The first-order valence-electron chi connectivity index (χ1n) is 7.48. The van der Waals surface area contributed by atoms with E-state index in [1.807, 2.05) is 0 Å². The summed E-state index contributed by atoms with van der Waals surface area (Å²) in [4.78, 5) is 38.4. The van der Waals surface area contributed by atoms with Crippen LogP contribution in [0.5, 0.6) is 0 Å². The van der Waals surface area contributed by atoms with Crippen molar-refractivity contribution in [2.24, 2.45) is 0 Å². The number of rotatable bonds is 5. The minimum absolute atomic E-state index is 0.105. The molecule has 0 radical (unpaired) electrons. The second-order valence-electron chi connectivity index (χ2n) is 5.24. The van der Waals surface area contributed by atoms with Gasteiger partial charge in [0.15, 0.2) is 0 Å². The highest BCUT2D eigenvalue weighted by molar-refractivity contribution is 8.18. The summed E-state index contributed by atoms with van der Waals surface area (Å²) in [5, 5.41) is 2.91. The molecule has 1 N–H and O–H groups in total. The monoisotopic (exact) mass is 426 g/mol. The molecule has 1 aromatic carbocycles. The fraction of sp³-hybridized carbons (Fsp3) is 0.118. The summed E-state index contributed by atoms with van der Waals surface area (Å²) in [5.41, 5.74) is 0.780. The molecule has 134 valence electrons. The lowest BCUT2D eigenvalue weighted by Crippen LogP contribution is -2.37. The lowest BCUT2D eigenvalue weighted by atomic mass is 10.2. The number of hydrogen-bond acceptors (Lipinski definition) is 5. The van der Waals surface area contributed by atoms with Gasteiger partial charge in [-0.3, -0.25) is 19.3 Å². The third-order valence-electron chi connectivity index (χ3n) is 3.46. The highest BCUT2D eigenvalue weighted by atomic mass is 35.5. The minimum atomic E-state index is -0.372. The number of thioether (sulfide) groups is 1. The van der Waals surface area contributed by atoms with Crippen molar-refractivity contribution in [2.75, 3.05) is 13.1 Å². The summed E-state index contributed by atoms with van der Waals surface area (Å²) in [7, 11) is 0. The Morgan fingerprint density at radius 1 is 1.12 bits per heavy atom. The summed E-state index contributed by atoms with van der Waals surface area (Å²) >= 11 is 13.7. The Morgan fingerprint density at radius 2 is 1.85 bits per heavy atom. The molecule has 1 fully saturated rings. The van der Waals surface area contributed by atoms with E-state index in [0.29, 0.717) is 19.1 Å².